The van der Waals surface area contributed by atoms with Gasteiger partial charge in [-0.1, -0.05) is 49.7 Å². The highest BCUT2D eigenvalue weighted by atomic mass is 16.5. The van der Waals surface area contributed by atoms with Crippen LogP contribution < -0.4 is 10.1 Å². The summed E-state index contributed by atoms with van der Waals surface area (Å²) in [5.41, 5.74) is 4.82. The first-order valence-electron chi connectivity index (χ1n) is 11.8. The Bertz CT molecular complexity index is 1080. The van der Waals surface area contributed by atoms with Crippen LogP contribution in [0.4, 0.5) is 0 Å². The van der Waals surface area contributed by atoms with Gasteiger partial charge in [0.15, 0.2) is 0 Å². The second-order valence-electron chi connectivity index (χ2n) is 9.06. The number of aromatic nitrogens is 2. The summed E-state index contributed by atoms with van der Waals surface area (Å²) in [5.74, 6) is 0.924. The molecule has 2 heterocycles. The fraction of sp³-hybridized carbons (Fsp3) is 0.407. The molecule has 0 radical (unpaired) electrons. The largest absolute Gasteiger partial charge is 0.496 e. The SMILES string of the molecule is COc1ccccc1C(CNC(=O)c1cnn(-c2ccc(C)cc2)c1C(C)C)N1CCCC1. The molecule has 3 aromatic rings. The minimum Gasteiger partial charge on any atom is -0.496 e. The van der Waals surface area contributed by atoms with E-state index in [0.29, 0.717) is 12.1 Å². The van der Waals surface area contributed by atoms with Crippen molar-refractivity contribution < 1.29 is 9.53 Å². The fourth-order valence-corrected chi connectivity index (χ4v) is 4.70. The molecule has 174 valence electrons. The smallest absolute Gasteiger partial charge is 0.254 e. The lowest BCUT2D eigenvalue weighted by molar-refractivity contribution is 0.0936. The van der Waals surface area contributed by atoms with Crippen molar-refractivity contribution in [1.82, 2.24) is 20.0 Å². The maximum absolute atomic E-state index is 13.4. The Morgan fingerprint density at radius 1 is 1.09 bits per heavy atom. The topological polar surface area (TPSA) is 59.4 Å². The van der Waals surface area contributed by atoms with Crippen LogP contribution in [0.15, 0.2) is 54.7 Å². The number of carbonyl (C=O) groups is 1. The van der Waals surface area contributed by atoms with Gasteiger partial charge >= 0.3 is 0 Å². The number of nitrogens with one attached hydrogen (secondary N) is 1. The van der Waals surface area contributed by atoms with E-state index in [9.17, 15) is 4.79 Å². The molecule has 1 aliphatic heterocycles. The summed E-state index contributed by atoms with van der Waals surface area (Å²) >= 11 is 0. The molecule has 6 heteroatoms. The van der Waals surface area contributed by atoms with E-state index in [2.05, 4.69) is 54.3 Å². The molecule has 1 unspecified atom stereocenters. The highest BCUT2D eigenvalue weighted by Gasteiger charge is 2.27. The van der Waals surface area contributed by atoms with Crippen LogP contribution in [0.25, 0.3) is 5.69 Å². The van der Waals surface area contributed by atoms with Crippen LogP contribution in [0, 0.1) is 6.92 Å². The molecule has 1 fully saturated rings. The predicted octanol–water partition coefficient (Wildman–Crippen LogP) is 4.88. The molecule has 1 saturated heterocycles. The Morgan fingerprint density at radius 3 is 2.45 bits per heavy atom. The number of methoxy groups -OCH3 is 1. The van der Waals surface area contributed by atoms with Gasteiger partial charge in [-0.15, -0.1) is 0 Å². The van der Waals surface area contributed by atoms with Gasteiger partial charge in [-0.05, 0) is 57.0 Å². The van der Waals surface area contributed by atoms with Gasteiger partial charge in [0.2, 0.25) is 0 Å². The molecule has 4 rings (SSSR count). The minimum absolute atomic E-state index is 0.0715. The van der Waals surface area contributed by atoms with Crippen molar-refractivity contribution in [3.63, 3.8) is 0 Å². The maximum atomic E-state index is 13.4. The summed E-state index contributed by atoms with van der Waals surface area (Å²) in [4.78, 5) is 15.8. The van der Waals surface area contributed by atoms with E-state index in [1.54, 1.807) is 13.3 Å². The molecule has 1 aromatic heterocycles. The van der Waals surface area contributed by atoms with Crippen LogP contribution in [0.5, 0.6) is 5.75 Å². The van der Waals surface area contributed by atoms with Crippen LogP contribution in [0.3, 0.4) is 0 Å². The van der Waals surface area contributed by atoms with Crippen molar-refractivity contribution in [1.29, 1.82) is 0 Å². The van der Waals surface area contributed by atoms with E-state index in [4.69, 9.17) is 4.74 Å². The van der Waals surface area contributed by atoms with Crippen LogP contribution in [0.2, 0.25) is 0 Å². The van der Waals surface area contributed by atoms with E-state index in [1.807, 2.05) is 35.0 Å². The van der Waals surface area contributed by atoms with Crippen molar-refractivity contribution in [3.05, 3.63) is 77.1 Å². The zero-order chi connectivity index (χ0) is 23.4. The van der Waals surface area contributed by atoms with Gasteiger partial charge in [0.05, 0.1) is 36.3 Å². The van der Waals surface area contributed by atoms with Gasteiger partial charge in [0.25, 0.3) is 5.91 Å². The molecule has 2 aromatic carbocycles. The van der Waals surface area contributed by atoms with E-state index in [0.717, 1.165) is 35.8 Å². The molecule has 6 nitrogen and oxygen atoms in total. The van der Waals surface area contributed by atoms with Gasteiger partial charge in [-0.2, -0.15) is 5.10 Å². The number of hydrogen-bond donors (Lipinski definition) is 1. The van der Waals surface area contributed by atoms with E-state index >= 15 is 0 Å². The minimum atomic E-state index is -0.0869. The molecule has 0 spiro atoms. The molecule has 0 saturated carbocycles. The molecular weight excluding hydrogens is 412 g/mol. The van der Waals surface area contributed by atoms with Crippen LogP contribution in [-0.4, -0.2) is 47.3 Å². The molecule has 1 atom stereocenters. The van der Waals surface area contributed by atoms with Crippen LogP contribution in [-0.2, 0) is 0 Å². The number of benzene rings is 2. The molecule has 0 aliphatic carbocycles. The highest BCUT2D eigenvalue weighted by molar-refractivity contribution is 5.95. The third-order valence-corrected chi connectivity index (χ3v) is 6.41. The molecule has 1 amide bonds. The van der Waals surface area contributed by atoms with E-state index in [1.165, 1.54) is 18.4 Å². The third kappa shape index (κ3) is 4.96. The Kier molecular flexibility index (Phi) is 7.14. The van der Waals surface area contributed by atoms with Gasteiger partial charge in [0.1, 0.15) is 5.75 Å². The first-order chi connectivity index (χ1) is 16.0. The average Bonchev–Trinajstić information content (AvgIpc) is 3.50. The molecule has 1 aliphatic rings. The van der Waals surface area contributed by atoms with E-state index in [-0.39, 0.29) is 17.9 Å². The zero-order valence-electron chi connectivity index (χ0n) is 20.0. The zero-order valence-corrected chi connectivity index (χ0v) is 20.0. The standard InChI is InChI=1S/C27H34N4O2/c1-19(2)26-23(17-29-31(26)21-13-11-20(3)12-14-21)27(32)28-18-24(30-15-7-8-16-30)22-9-5-6-10-25(22)33-4/h5-6,9-14,17,19,24H,7-8,15-16,18H2,1-4H3,(H,28,32). The molecular formula is C27H34N4O2. The van der Waals surface area contributed by atoms with Crippen molar-refractivity contribution in [2.45, 2.75) is 45.6 Å². The monoisotopic (exact) mass is 446 g/mol. The Hall–Kier alpha value is -3.12. The first kappa shape index (κ1) is 23.1. The summed E-state index contributed by atoms with van der Waals surface area (Å²) in [6.45, 7) is 8.84. The fourth-order valence-electron chi connectivity index (χ4n) is 4.70. The van der Waals surface area contributed by atoms with E-state index < -0.39 is 0 Å². The third-order valence-electron chi connectivity index (χ3n) is 6.41. The Labute approximate surface area is 196 Å². The number of nitrogens with zero attached hydrogens (tertiary/aromatic N) is 3. The first-order valence-corrected chi connectivity index (χ1v) is 11.8. The van der Waals surface area contributed by atoms with Crippen molar-refractivity contribution >= 4 is 5.91 Å². The second-order valence-corrected chi connectivity index (χ2v) is 9.06. The van der Waals surface area contributed by atoms with Crippen LogP contribution >= 0.6 is 0 Å². The normalized spacial score (nSPS) is 15.1. The average molecular weight is 447 g/mol. The number of ether oxygens (including phenoxy) is 1. The number of carbonyl (C=O) groups excluding carboxylic acids is 1. The quantitative estimate of drug-likeness (QED) is 0.536. The molecule has 1 N–H and O–H groups in total. The molecule has 33 heavy (non-hydrogen) atoms. The van der Waals surface area contributed by atoms with Gasteiger partial charge < -0.3 is 10.1 Å². The summed E-state index contributed by atoms with van der Waals surface area (Å²) in [6.07, 6.45) is 4.05. The highest BCUT2D eigenvalue weighted by Crippen LogP contribution is 2.31. The number of likely N-dealkylation sites (tertiary alicyclic amines) is 1. The lowest BCUT2D eigenvalue weighted by Gasteiger charge is -2.29. The number of hydrogen-bond acceptors (Lipinski definition) is 4. The van der Waals surface area contributed by atoms with Gasteiger partial charge in [-0.25, -0.2) is 4.68 Å². The van der Waals surface area contributed by atoms with Gasteiger partial charge in [-0.3, -0.25) is 9.69 Å². The van der Waals surface area contributed by atoms with Gasteiger partial charge in [0, 0.05) is 12.1 Å². The van der Waals surface area contributed by atoms with Crippen molar-refractivity contribution in [3.8, 4) is 11.4 Å². The molecule has 0 bridgehead atoms. The second kappa shape index (κ2) is 10.2. The number of amides is 1. The summed E-state index contributed by atoms with van der Waals surface area (Å²) in [7, 11) is 1.70. The van der Waals surface area contributed by atoms with Crippen molar-refractivity contribution in [2.24, 2.45) is 0 Å². The summed E-state index contributed by atoms with van der Waals surface area (Å²) < 4.78 is 7.52. The Morgan fingerprint density at radius 2 is 1.79 bits per heavy atom. The predicted molar refractivity (Wildman–Crippen MR) is 131 cm³/mol. The Balaban J connectivity index is 1.58. The number of aryl methyl sites for hydroxylation is 1. The summed E-state index contributed by atoms with van der Waals surface area (Å²) in [6, 6.07) is 16.4. The van der Waals surface area contributed by atoms with Crippen LogP contribution in [0.1, 0.15) is 65.8 Å². The summed E-state index contributed by atoms with van der Waals surface area (Å²) in [5, 5.41) is 7.78. The van der Waals surface area contributed by atoms with Crippen molar-refractivity contribution in [2.75, 3.05) is 26.7 Å². The lowest BCUT2D eigenvalue weighted by Crippen LogP contribution is -2.37. The number of para-hydroxylation sites is 1. The number of rotatable bonds is 8. The maximum Gasteiger partial charge on any atom is 0.254 e. The lowest BCUT2D eigenvalue weighted by atomic mass is 10.0.